The van der Waals surface area contributed by atoms with Crippen LogP contribution in [-0.4, -0.2) is 24.5 Å². The number of rotatable bonds is 4. The molecule has 3 rings (SSSR count). The van der Waals surface area contributed by atoms with E-state index in [-0.39, 0.29) is 5.69 Å². The third-order valence-electron chi connectivity index (χ3n) is 4.03. The number of benzene rings is 2. The van der Waals surface area contributed by atoms with E-state index in [1.54, 1.807) is 0 Å². The van der Waals surface area contributed by atoms with Crippen LogP contribution in [-0.2, 0) is 9.84 Å². The van der Waals surface area contributed by atoms with E-state index >= 15 is 0 Å². The zero-order valence-electron chi connectivity index (χ0n) is 14.9. The molecular formula is C19H17F3N2O2S. The predicted molar refractivity (Wildman–Crippen MR) is 96.5 cm³/mol. The minimum absolute atomic E-state index is 0.154. The number of aromatic nitrogens is 2. The Hall–Kier alpha value is -2.61. The summed E-state index contributed by atoms with van der Waals surface area (Å²) in [5.41, 5.74) is 2.60. The number of hydrogen-bond acceptors (Lipinski definition) is 3. The minimum atomic E-state index is -3.74. The molecule has 0 atom stereocenters. The summed E-state index contributed by atoms with van der Waals surface area (Å²) in [6.45, 7) is 3.76. The first kappa shape index (κ1) is 19.2. The number of hydrogen-bond donors (Lipinski definition) is 0. The SMILES string of the molecule is Cc1cc(C)cc(-c2cc(C(F)F)nn2-c2ccc(S(C)(=O)=O)c(F)c2)c1. The van der Waals surface area contributed by atoms with Gasteiger partial charge in [0.05, 0.1) is 11.4 Å². The highest BCUT2D eigenvalue weighted by Crippen LogP contribution is 2.30. The first-order valence-electron chi connectivity index (χ1n) is 8.03. The van der Waals surface area contributed by atoms with Gasteiger partial charge in [0.25, 0.3) is 6.43 Å². The Morgan fingerprint density at radius 3 is 2.15 bits per heavy atom. The Kier molecular flexibility index (Phi) is 4.86. The molecule has 0 amide bonds. The van der Waals surface area contributed by atoms with E-state index in [1.165, 1.54) is 16.8 Å². The van der Waals surface area contributed by atoms with Crippen molar-refractivity contribution in [2.24, 2.45) is 0 Å². The summed E-state index contributed by atoms with van der Waals surface area (Å²) >= 11 is 0. The van der Waals surface area contributed by atoms with Gasteiger partial charge in [-0.2, -0.15) is 5.10 Å². The number of aryl methyl sites for hydroxylation is 2. The lowest BCUT2D eigenvalue weighted by Crippen LogP contribution is -2.05. The van der Waals surface area contributed by atoms with Crippen LogP contribution < -0.4 is 0 Å². The van der Waals surface area contributed by atoms with E-state index in [1.807, 2.05) is 32.0 Å². The molecule has 0 unspecified atom stereocenters. The van der Waals surface area contributed by atoms with Crippen LogP contribution in [0, 0.1) is 19.7 Å². The first-order chi connectivity index (χ1) is 12.6. The van der Waals surface area contributed by atoms with Gasteiger partial charge in [0.15, 0.2) is 9.84 Å². The summed E-state index contributed by atoms with van der Waals surface area (Å²) in [5, 5.41) is 3.90. The van der Waals surface area contributed by atoms with Gasteiger partial charge in [0.2, 0.25) is 0 Å². The van der Waals surface area contributed by atoms with Gasteiger partial charge in [-0.3, -0.25) is 0 Å². The van der Waals surface area contributed by atoms with E-state index in [0.717, 1.165) is 29.5 Å². The molecule has 0 fully saturated rings. The predicted octanol–water partition coefficient (Wildman–Crippen LogP) is 4.64. The second-order valence-electron chi connectivity index (χ2n) is 6.43. The van der Waals surface area contributed by atoms with Crippen molar-refractivity contribution >= 4 is 9.84 Å². The van der Waals surface area contributed by atoms with Crippen molar-refractivity contribution in [1.82, 2.24) is 9.78 Å². The van der Waals surface area contributed by atoms with E-state index in [2.05, 4.69) is 5.10 Å². The van der Waals surface area contributed by atoms with E-state index in [9.17, 15) is 21.6 Å². The van der Waals surface area contributed by atoms with Crippen molar-refractivity contribution in [3.05, 3.63) is 65.1 Å². The van der Waals surface area contributed by atoms with Crippen molar-refractivity contribution in [2.45, 2.75) is 25.2 Å². The van der Waals surface area contributed by atoms with Gasteiger partial charge in [-0.05, 0) is 44.2 Å². The molecule has 0 radical (unpaired) electrons. The van der Waals surface area contributed by atoms with E-state index in [0.29, 0.717) is 11.3 Å². The number of alkyl halides is 2. The summed E-state index contributed by atoms with van der Waals surface area (Å²) in [7, 11) is -3.74. The van der Waals surface area contributed by atoms with Crippen LogP contribution in [0.25, 0.3) is 16.9 Å². The maximum absolute atomic E-state index is 14.3. The molecule has 0 N–H and O–H groups in total. The van der Waals surface area contributed by atoms with Gasteiger partial charge in [-0.25, -0.2) is 26.3 Å². The lowest BCUT2D eigenvalue weighted by Gasteiger charge is -2.10. The smallest absolute Gasteiger partial charge is 0.233 e. The molecule has 0 spiro atoms. The normalized spacial score (nSPS) is 12.0. The second kappa shape index (κ2) is 6.84. The fourth-order valence-electron chi connectivity index (χ4n) is 2.95. The molecule has 8 heteroatoms. The fourth-order valence-corrected chi connectivity index (χ4v) is 3.68. The monoisotopic (exact) mass is 394 g/mol. The molecule has 1 heterocycles. The van der Waals surface area contributed by atoms with Crippen LogP contribution in [0.4, 0.5) is 13.2 Å². The van der Waals surface area contributed by atoms with Gasteiger partial charge in [-0.15, -0.1) is 0 Å². The Morgan fingerprint density at radius 2 is 1.63 bits per heavy atom. The zero-order chi connectivity index (χ0) is 19.9. The van der Waals surface area contributed by atoms with Crippen LogP contribution >= 0.6 is 0 Å². The maximum atomic E-state index is 14.3. The summed E-state index contributed by atoms with van der Waals surface area (Å²) in [6, 6.07) is 10.3. The van der Waals surface area contributed by atoms with Crippen LogP contribution in [0.3, 0.4) is 0 Å². The number of sulfone groups is 1. The second-order valence-corrected chi connectivity index (χ2v) is 8.41. The highest BCUT2D eigenvalue weighted by atomic mass is 32.2. The van der Waals surface area contributed by atoms with Gasteiger partial charge >= 0.3 is 0 Å². The Morgan fingerprint density at radius 1 is 1.00 bits per heavy atom. The van der Waals surface area contributed by atoms with Crippen LogP contribution in [0.2, 0.25) is 0 Å². The Bertz CT molecular complexity index is 1100. The van der Waals surface area contributed by atoms with Crippen molar-refractivity contribution in [3.63, 3.8) is 0 Å². The molecule has 142 valence electrons. The first-order valence-corrected chi connectivity index (χ1v) is 9.92. The average molecular weight is 394 g/mol. The summed E-state index contributed by atoms with van der Waals surface area (Å²) in [5.74, 6) is -0.963. The third kappa shape index (κ3) is 3.90. The van der Waals surface area contributed by atoms with Crippen LogP contribution in [0.15, 0.2) is 47.4 Å². The minimum Gasteiger partial charge on any atom is -0.233 e. The molecule has 0 bridgehead atoms. The average Bonchev–Trinajstić information content (AvgIpc) is 2.98. The van der Waals surface area contributed by atoms with Crippen molar-refractivity contribution < 1.29 is 21.6 Å². The molecule has 0 saturated carbocycles. The standard InChI is InChI=1S/C19H17F3N2O2S/c1-11-6-12(2)8-13(7-11)17-10-16(19(21)22)23-24(17)14-4-5-18(15(20)9-14)27(3,25)26/h4-10,19H,1-3H3. The topological polar surface area (TPSA) is 52.0 Å². The lowest BCUT2D eigenvalue weighted by molar-refractivity contribution is 0.145. The molecule has 2 aromatic carbocycles. The summed E-state index contributed by atoms with van der Waals surface area (Å²) < 4.78 is 65.1. The quantitative estimate of drug-likeness (QED) is 0.648. The van der Waals surface area contributed by atoms with E-state index < -0.39 is 32.7 Å². The lowest BCUT2D eigenvalue weighted by atomic mass is 10.0. The molecule has 0 aliphatic carbocycles. The highest BCUT2D eigenvalue weighted by Gasteiger charge is 2.20. The molecule has 0 aliphatic rings. The number of halogens is 3. The molecule has 0 aliphatic heterocycles. The van der Waals surface area contributed by atoms with Crippen molar-refractivity contribution in [3.8, 4) is 16.9 Å². The van der Waals surface area contributed by atoms with Gasteiger partial charge in [-0.1, -0.05) is 17.2 Å². The summed E-state index contributed by atoms with van der Waals surface area (Å²) in [6.07, 6.45) is -1.90. The van der Waals surface area contributed by atoms with Crippen molar-refractivity contribution in [1.29, 1.82) is 0 Å². The molecule has 27 heavy (non-hydrogen) atoms. The molecular weight excluding hydrogens is 377 g/mol. The Balaban J connectivity index is 2.22. The molecule has 1 aromatic heterocycles. The summed E-state index contributed by atoms with van der Waals surface area (Å²) in [4.78, 5) is -0.458. The molecule has 0 saturated heterocycles. The van der Waals surface area contributed by atoms with E-state index in [4.69, 9.17) is 0 Å². The van der Waals surface area contributed by atoms with Gasteiger partial charge < -0.3 is 0 Å². The van der Waals surface area contributed by atoms with Crippen LogP contribution in [0.1, 0.15) is 23.2 Å². The van der Waals surface area contributed by atoms with Crippen LogP contribution in [0.5, 0.6) is 0 Å². The third-order valence-corrected chi connectivity index (χ3v) is 5.16. The maximum Gasteiger partial charge on any atom is 0.282 e. The highest BCUT2D eigenvalue weighted by molar-refractivity contribution is 7.90. The Labute approximate surface area is 155 Å². The zero-order valence-corrected chi connectivity index (χ0v) is 15.7. The largest absolute Gasteiger partial charge is 0.282 e. The molecule has 4 nitrogen and oxygen atoms in total. The van der Waals surface area contributed by atoms with Gasteiger partial charge in [0, 0.05) is 17.9 Å². The molecule has 3 aromatic rings. The number of nitrogens with zero attached hydrogens (tertiary/aromatic N) is 2. The fraction of sp³-hybridized carbons (Fsp3) is 0.211. The van der Waals surface area contributed by atoms with Gasteiger partial charge in [0.1, 0.15) is 16.4 Å². The van der Waals surface area contributed by atoms with Crippen molar-refractivity contribution in [2.75, 3.05) is 6.26 Å².